The Kier molecular flexibility index (Phi) is 5.14. The molecule has 0 unspecified atom stereocenters. The molecule has 0 saturated heterocycles. The summed E-state index contributed by atoms with van der Waals surface area (Å²) in [5.74, 6) is -0.147. The van der Waals surface area contributed by atoms with Crippen molar-refractivity contribution in [2.24, 2.45) is 0 Å². The summed E-state index contributed by atoms with van der Waals surface area (Å²) in [6.45, 7) is 0.160. The van der Waals surface area contributed by atoms with Crippen LogP contribution in [0.5, 0.6) is 0 Å². The van der Waals surface area contributed by atoms with E-state index in [-0.39, 0.29) is 12.2 Å². The Morgan fingerprint density at radius 1 is 1.40 bits per heavy atom. The quantitative estimate of drug-likeness (QED) is 0.647. The van der Waals surface area contributed by atoms with Gasteiger partial charge in [-0.25, -0.2) is 4.79 Å². The smallest absolute Gasteiger partial charge is 0.335 e. The third-order valence-electron chi connectivity index (χ3n) is 1.69. The van der Waals surface area contributed by atoms with Crippen LogP contribution in [0.2, 0.25) is 0 Å². The van der Waals surface area contributed by atoms with E-state index in [0.29, 0.717) is 6.42 Å². The number of aromatic carboxylic acids is 1. The van der Waals surface area contributed by atoms with Crippen LogP contribution in [0.4, 0.5) is 0 Å². The Labute approximate surface area is 101 Å². The molecule has 0 spiro atoms. The van der Waals surface area contributed by atoms with E-state index < -0.39 is 5.97 Å². The first kappa shape index (κ1) is 12.5. The Morgan fingerprint density at radius 3 is 2.73 bits per heavy atom. The second-order valence-corrected chi connectivity index (χ2v) is 4.99. The number of aliphatic hydroxyl groups excluding tert-OH is 1. The van der Waals surface area contributed by atoms with Gasteiger partial charge in [-0.2, -0.15) is 0 Å². The fourth-order valence-electron chi connectivity index (χ4n) is 1.02. The number of carbonyl (C=O) groups is 1. The monoisotopic (exact) mass is 290 g/mol. The van der Waals surface area contributed by atoms with E-state index in [9.17, 15) is 4.79 Å². The highest BCUT2D eigenvalue weighted by Crippen LogP contribution is 2.24. The number of carboxylic acids is 1. The van der Waals surface area contributed by atoms with Gasteiger partial charge in [0.25, 0.3) is 0 Å². The molecule has 0 aromatic heterocycles. The zero-order valence-corrected chi connectivity index (χ0v) is 10.3. The molecule has 1 aromatic rings. The third-order valence-corrected chi connectivity index (χ3v) is 3.21. The van der Waals surface area contributed by atoms with Gasteiger partial charge in [0.2, 0.25) is 0 Å². The zero-order chi connectivity index (χ0) is 11.3. The van der Waals surface area contributed by atoms with Gasteiger partial charge < -0.3 is 10.2 Å². The molecule has 82 valence electrons. The van der Waals surface area contributed by atoms with Crippen LogP contribution in [-0.2, 0) is 0 Å². The number of hydrogen-bond acceptors (Lipinski definition) is 3. The largest absolute Gasteiger partial charge is 0.478 e. The van der Waals surface area contributed by atoms with E-state index >= 15 is 0 Å². The number of carboxylic acid groups (broad SMARTS) is 1. The van der Waals surface area contributed by atoms with Crippen molar-refractivity contribution in [3.8, 4) is 0 Å². The summed E-state index contributed by atoms with van der Waals surface area (Å²) in [4.78, 5) is 11.7. The van der Waals surface area contributed by atoms with Crippen LogP contribution in [0, 0.1) is 0 Å². The van der Waals surface area contributed by atoms with Gasteiger partial charge in [0.15, 0.2) is 0 Å². The van der Waals surface area contributed by atoms with Gasteiger partial charge in [0.1, 0.15) is 0 Å². The molecule has 0 aliphatic rings. The molecule has 0 radical (unpaired) electrons. The van der Waals surface area contributed by atoms with Crippen molar-refractivity contribution in [2.45, 2.75) is 11.3 Å². The van der Waals surface area contributed by atoms with Gasteiger partial charge in [0, 0.05) is 21.7 Å². The number of rotatable bonds is 5. The molecule has 0 aliphatic heterocycles. The highest BCUT2D eigenvalue weighted by atomic mass is 79.9. The molecule has 0 atom stereocenters. The van der Waals surface area contributed by atoms with Crippen molar-refractivity contribution in [1.29, 1.82) is 0 Å². The topological polar surface area (TPSA) is 57.5 Å². The minimum Gasteiger partial charge on any atom is -0.478 e. The Hall–Kier alpha value is -0.520. The Morgan fingerprint density at radius 2 is 2.13 bits per heavy atom. The average molecular weight is 291 g/mol. The summed E-state index contributed by atoms with van der Waals surface area (Å²) in [6, 6.07) is 5.07. The number of hydrogen-bond donors (Lipinski definition) is 2. The number of halogens is 1. The van der Waals surface area contributed by atoms with Gasteiger partial charge in [-0.3, -0.25) is 0 Å². The fraction of sp³-hybridized carbons (Fsp3) is 0.300. The Bertz CT molecular complexity index is 355. The maximum Gasteiger partial charge on any atom is 0.335 e. The molecular weight excluding hydrogens is 280 g/mol. The number of aliphatic hydroxyl groups is 1. The lowest BCUT2D eigenvalue weighted by Crippen LogP contribution is -1.96. The lowest BCUT2D eigenvalue weighted by Gasteiger charge is -2.03. The van der Waals surface area contributed by atoms with E-state index in [1.54, 1.807) is 12.1 Å². The van der Waals surface area contributed by atoms with E-state index in [1.165, 1.54) is 11.8 Å². The predicted molar refractivity (Wildman–Crippen MR) is 63.5 cm³/mol. The fourth-order valence-corrected chi connectivity index (χ4v) is 2.60. The summed E-state index contributed by atoms with van der Waals surface area (Å²) in [7, 11) is 0. The van der Waals surface area contributed by atoms with Gasteiger partial charge in [-0.15, -0.1) is 11.8 Å². The van der Waals surface area contributed by atoms with Crippen LogP contribution in [0.15, 0.2) is 27.6 Å². The van der Waals surface area contributed by atoms with Crippen molar-refractivity contribution < 1.29 is 15.0 Å². The Balaban J connectivity index is 2.75. The molecule has 0 fully saturated rings. The molecule has 3 nitrogen and oxygen atoms in total. The van der Waals surface area contributed by atoms with Gasteiger partial charge in [-0.05, 0) is 24.6 Å². The number of thioether (sulfide) groups is 1. The van der Waals surface area contributed by atoms with E-state index in [1.807, 2.05) is 6.07 Å². The normalized spacial score (nSPS) is 10.3. The molecule has 0 saturated carbocycles. The van der Waals surface area contributed by atoms with Crippen molar-refractivity contribution in [3.05, 3.63) is 28.2 Å². The van der Waals surface area contributed by atoms with Crippen LogP contribution < -0.4 is 0 Å². The molecule has 15 heavy (non-hydrogen) atoms. The lowest BCUT2D eigenvalue weighted by molar-refractivity contribution is 0.0696. The molecule has 5 heteroatoms. The summed E-state index contributed by atoms with van der Waals surface area (Å²) in [6.07, 6.45) is 0.708. The van der Waals surface area contributed by atoms with Crippen LogP contribution in [-0.4, -0.2) is 28.5 Å². The van der Waals surface area contributed by atoms with E-state index in [4.69, 9.17) is 10.2 Å². The molecule has 0 amide bonds. The van der Waals surface area contributed by atoms with Crippen LogP contribution >= 0.6 is 27.7 Å². The van der Waals surface area contributed by atoms with Crippen molar-refractivity contribution in [3.63, 3.8) is 0 Å². The second-order valence-electron chi connectivity index (χ2n) is 2.91. The minimum atomic E-state index is -0.930. The van der Waals surface area contributed by atoms with Gasteiger partial charge in [-0.1, -0.05) is 15.9 Å². The highest BCUT2D eigenvalue weighted by molar-refractivity contribution is 9.10. The maximum absolute atomic E-state index is 10.8. The third kappa shape index (κ3) is 4.24. The molecule has 0 aliphatic carbocycles. The highest BCUT2D eigenvalue weighted by Gasteiger charge is 2.06. The molecule has 0 heterocycles. The van der Waals surface area contributed by atoms with Crippen molar-refractivity contribution in [1.82, 2.24) is 0 Å². The first-order chi connectivity index (χ1) is 7.13. The van der Waals surface area contributed by atoms with Crippen molar-refractivity contribution >= 4 is 33.7 Å². The molecule has 1 aromatic carbocycles. The standard InChI is InChI=1S/C10H11BrO3S/c11-8-4-7(10(13)14)5-9(6-8)15-3-1-2-12/h4-6,12H,1-3H2,(H,13,14). The molecule has 1 rings (SSSR count). The minimum absolute atomic E-state index is 0.160. The van der Waals surface area contributed by atoms with Gasteiger partial charge >= 0.3 is 5.97 Å². The maximum atomic E-state index is 10.8. The molecule has 0 bridgehead atoms. The number of benzene rings is 1. The SMILES string of the molecule is O=C(O)c1cc(Br)cc(SCCCO)c1. The zero-order valence-electron chi connectivity index (χ0n) is 7.94. The van der Waals surface area contributed by atoms with Crippen molar-refractivity contribution in [2.75, 3.05) is 12.4 Å². The second kappa shape index (κ2) is 6.15. The summed E-state index contributed by atoms with van der Waals surface area (Å²) < 4.78 is 0.758. The summed E-state index contributed by atoms with van der Waals surface area (Å²) in [5.41, 5.74) is 0.274. The lowest BCUT2D eigenvalue weighted by atomic mass is 10.2. The average Bonchev–Trinajstić information content (AvgIpc) is 2.17. The van der Waals surface area contributed by atoms with E-state index in [2.05, 4.69) is 15.9 Å². The molecular formula is C10H11BrO3S. The van der Waals surface area contributed by atoms with Crippen LogP contribution in [0.25, 0.3) is 0 Å². The van der Waals surface area contributed by atoms with Crippen LogP contribution in [0.3, 0.4) is 0 Å². The van der Waals surface area contributed by atoms with Gasteiger partial charge in [0.05, 0.1) is 5.56 Å². The summed E-state index contributed by atoms with van der Waals surface area (Å²) >= 11 is 4.80. The van der Waals surface area contributed by atoms with Crippen LogP contribution in [0.1, 0.15) is 16.8 Å². The summed E-state index contributed by atoms with van der Waals surface area (Å²) in [5, 5.41) is 17.5. The first-order valence-corrected chi connectivity index (χ1v) is 6.19. The predicted octanol–water partition coefficient (Wildman–Crippen LogP) is 2.62. The van der Waals surface area contributed by atoms with E-state index in [0.717, 1.165) is 15.1 Å². The molecule has 2 N–H and O–H groups in total. The first-order valence-electron chi connectivity index (χ1n) is 4.41.